The summed E-state index contributed by atoms with van der Waals surface area (Å²) in [5.41, 5.74) is 3.08. The molecule has 0 saturated heterocycles. The van der Waals surface area contributed by atoms with E-state index in [-0.39, 0.29) is 11.9 Å². The van der Waals surface area contributed by atoms with E-state index in [4.69, 9.17) is 4.74 Å². The predicted octanol–water partition coefficient (Wildman–Crippen LogP) is 4.59. The minimum absolute atomic E-state index is 0.124. The minimum Gasteiger partial charge on any atom is -0.493 e. The van der Waals surface area contributed by atoms with E-state index >= 15 is 0 Å². The fourth-order valence-electron chi connectivity index (χ4n) is 2.76. The summed E-state index contributed by atoms with van der Waals surface area (Å²) in [6.45, 7) is 0.696. The van der Waals surface area contributed by atoms with Gasteiger partial charge >= 0.3 is 0 Å². The molecular formula is C16H14Br2FNO. The first-order valence-electron chi connectivity index (χ1n) is 6.67. The molecule has 1 atom stereocenters. The zero-order valence-corrected chi connectivity index (χ0v) is 14.6. The van der Waals surface area contributed by atoms with Crippen molar-refractivity contribution in [1.82, 2.24) is 5.32 Å². The lowest BCUT2D eigenvalue weighted by Crippen LogP contribution is -2.18. The lowest BCUT2D eigenvalue weighted by Gasteiger charge is -2.20. The first-order chi connectivity index (χ1) is 10.1. The minimum atomic E-state index is -0.257. The summed E-state index contributed by atoms with van der Waals surface area (Å²) in [7, 11) is 1.87. The number of hydrogen-bond donors (Lipinski definition) is 1. The average molecular weight is 415 g/mol. The second kappa shape index (κ2) is 6.07. The molecule has 1 aliphatic rings. The van der Waals surface area contributed by atoms with Gasteiger partial charge < -0.3 is 10.1 Å². The second-order valence-electron chi connectivity index (χ2n) is 5.01. The highest BCUT2D eigenvalue weighted by Gasteiger charge is 2.24. The quantitative estimate of drug-likeness (QED) is 0.792. The van der Waals surface area contributed by atoms with Gasteiger partial charge in [0.05, 0.1) is 12.6 Å². The van der Waals surface area contributed by atoms with Crippen LogP contribution < -0.4 is 10.1 Å². The van der Waals surface area contributed by atoms with Crippen molar-refractivity contribution >= 4 is 31.9 Å². The van der Waals surface area contributed by atoms with Crippen LogP contribution in [0.1, 0.15) is 22.7 Å². The van der Waals surface area contributed by atoms with Gasteiger partial charge in [0.2, 0.25) is 0 Å². The zero-order valence-electron chi connectivity index (χ0n) is 11.4. The number of fused-ring (bicyclic) bond motifs is 1. The van der Waals surface area contributed by atoms with Gasteiger partial charge in [-0.25, -0.2) is 4.39 Å². The Morgan fingerprint density at radius 3 is 2.62 bits per heavy atom. The van der Waals surface area contributed by atoms with Gasteiger partial charge in [0.15, 0.2) is 0 Å². The number of ether oxygens (including phenoxy) is 1. The Morgan fingerprint density at radius 2 is 1.90 bits per heavy atom. The molecule has 110 valence electrons. The first-order valence-corrected chi connectivity index (χ1v) is 8.25. The third-order valence-corrected chi connectivity index (χ3v) is 4.51. The van der Waals surface area contributed by atoms with Crippen LogP contribution in [0.25, 0.3) is 0 Å². The number of halogens is 3. The summed E-state index contributed by atoms with van der Waals surface area (Å²) >= 11 is 6.90. The van der Waals surface area contributed by atoms with Crippen molar-refractivity contribution < 1.29 is 9.13 Å². The van der Waals surface area contributed by atoms with E-state index in [2.05, 4.69) is 43.2 Å². The molecule has 0 radical (unpaired) electrons. The standard InChI is InChI=1S/C16H14Br2FNO/c1-20-15(10-5-11(17)7-13(19)6-10)14-8-12(18)4-9-2-3-21-16(9)14/h4-8,15,20H,2-3H2,1H3. The molecule has 1 N–H and O–H groups in total. The molecular weight excluding hydrogens is 401 g/mol. The van der Waals surface area contributed by atoms with E-state index in [1.165, 1.54) is 11.6 Å². The van der Waals surface area contributed by atoms with Crippen LogP contribution in [0.4, 0.5) is 4.39 Å². The Balaban J connectivity index is 2.12. The highest BCUT2D eigenvalue weighted by Crippen LogP contribution is 2.39. The fourth-order valence-corrected chi connectivity index (χ4v) is 3.76. The van der Waals surface area contributed by atoms with Gasteiger partial charge in [-0.1, -0.05) is 31.9 Å². The average Bonchev–Trinajstić information content (AvgIpc) is 2.86. The third kappa shape index (κ3) is 3.00. The molecule has 2 aromatic carbocycles. The van der Waals surface area contributed by atoms with E-state index in [0.717, 1.165) is 32.2 Å². The number of benzene rings is 2. The van der Waals surface area contributed by atoms with Crippen molar-refractivity contribution in [2.24, 2.45) is 0 Å². The van der Waals surface area contributed by atoms with E-state index in [0.29, 0.717) is 6.61 Å². The third-order valence-electron chi connectivity index (χ3n) is 3.60. The number of hydrogen-bond acceptors (Lipinski definition) is 2. The Hall–Kier alpha value is -0.910. The van der Waals surface area contributed by atoms with Crippen LogP contribution in [-0.2, 0) is 6.42 Å². The Bertz CT molecular complexity index is 670. The molecule has 0 saturated carbocycles. The maximum atomic E-state index is 13.7. The zero-order chi connectivity index (χ0) is 15.0. The van der Waals surface area contributed by atoms with Gasteiger partial charge in [-0.3, -0.25) is 0 Å². The fraction of sp³-hybridized carbons (Fsp3) is 0.250. The van der Waals surface area contributed by atoms with E-state index in [9.17, 15) is 4.39 Å². The molecule has 0 fully saturated rings. The molecule has 1 unspecified atom stereocenters. The molecule has 1 aliphatic heterocycles. The van der Waals surface area contributed by atoms with Crippen molar-refractivity contribution in [3.05, 3.63) is 61.8 Å². The first kappa shape index (κ1) is 15.0. The highest BCUT2D eigenvalue weighted by atomic mass is 79.9. The van der Waals surface area contributed by atoms with Gasteiger partial charge in [0.25, 0.3) is 0 Å². The molecule has 21 heavy (non-hydrogen) atoms. The molecule has 0 spiro atoms. The van der Waals surface area contributed by atoms with Crippen molar-refractivity contribution in [3.8, 4) is 5.75 Å². The van der Waals surface area contributed by atoms with Crippen LogP contribution in [0.3, 0.4) is 0 Å². The molecule has 2 aromatic rings. The molecule has 5 heteroatoms. The molecule has 2 nitrogen and oxygen atoms in total. The summed E-state index contributed by atoms with van der Waals surface area (Å²) in [6.07, 6.45) is 0.908. The predicted molar refractivity (Wildman–Crippen MR) is 88.3 cm³/mol. The highest BCUT2D eigenvalue weighted by molar-refractivity contribution is 9.10. The molecule has 0 amide bonds. The molecule has 3 rings (SSSR count). The topological polar surface area (TPSA) is 21.3 Å². The van der Waals surface area contributed by atoms with Crippen molar-refractivity contribution in [2.75, 3.05) is 13.7 Å². The molecule has 1 heterocycles. The van der Waals surface area contributed by atoms with Gasteiger partial charge in [0, 0.05) is 20.9 Å². The lowest BCUT2D eigenvalue weighted by atomic mass is 9.96. The van der Waals surface area contributed by atoms with E-state index < -0.39 is 0 Å². The smallest absolute Gasteiger partial charge is 0.127 e. The van der Waals surface area contributed by atoms with Crippen LogP contribution in [0.2, 0.25) is 0 Å². The van der Waals surface area contributed by atoms with Gasteiger partial charge in [-0.15, -0.1) is 0 Å². The van der Waals surface area contributed by atoms with Crippen LogP contribution in [0.5, 0.6) is 5.75 Å². The monoisotopic (exact) mass is 413 g/mol. The largest absolute Gasteiger partial charge is 0.493 e. The van der Waals surface area contributed by atoms with E-state index in [1.54, 1.807) is 6.07 Å². The molecule has 0 aliphatic carbocycles. The Labute approximate surface area is 140 Å². The summed E-state index contributed by atoms with van der Waals surface area (Å²) in [6, 6.07) is 8.92. The number of rotatable bonds is 3. The SMILES string of the molecule is CNC(c1cc(F)cc(Br)c1)c1cc(Br)cc2c1OCC2. The normalized spacial score (nSPS) is 14.7. The van der Waals surface area contributed by atoms with Gasteiger partial charge in [0.1, 0.15) is 11.6 Å². The van der Waals surface area contributed by atoms with Crippen molar-refractivity contribution in [1.29, 1.82) is 0 Å². The summed E-state index contributed by atoms with van der Waals surface area (Å²) in [5.74, 6) is 0.658. The number of nitrogens with one attached hydrogen (secondary N) is 1. The molecule has 0 bridgehead atoms. The Morgan fingerprint density at radius 1 is 1.14 bits per heavy atom. The maximum Gasteiger partial charge on any atom is 0.127 e. The van der Waals surface area contributed by atoms with E-state index in [1.807, 2.05) is 19.2 Å². The maximum absolute atomic E-state index is 13.7. The summed E-state index contributed by atoms with van der Waals surface area (Å²) in [5, 5.41) is 3.26. The van der Waals surface area contributed by atoms with Gasteiger partial charge in [-0.2, -0.15) is 0 Å². The Kier molecular flexibility index (Phi) is 4.33. The molecule has 0 aromatic heterocycles. The van der Waals surface area contributed by atoms with Crippen LogP contribution in [0.15, 0.2) is 39.3 Å². The van der Waals surface area contributed by atoms with Gasteiger partial charge in [-0.05, 0) is 48.5 Å². The second-order valence-corrected chi connectivity index (χ2v) is 6.84. The van der Waals surface area contributed by atoms with Crippen molar-refractivity contribution in [2.45, 2.75) is 12.5 Å². The van der Waals surface area contributed by atoms with Crippen LogP contribution >= 0.6 is 31.9 Å². The van der Waals surface area contributed by atoms with Crippen LogP contribution in [0, 0.1) is 5.82 Å². The lowest BCUT2D eigenvalue weighted by molar-refractivity contribution is 0.351. The van der Waals surface area contributed by atoms with Crippen LogP contribution in [-0.4, -0.2) is 13.7 Å². The summed E-state index contributed by atoms with van der Waals surface area (Å²) in [4.78, 5) is 0. The summed E-state index contributed by atoms with van der Waals surface area (Å²) < 4.78 is 21.2. The van der Waals surface area contributed by atoms with Crippen molar-refractivity contribution in [3.63, 3.8) is 0 Å².